The lowest BCUT2D eigenvalue weighted by molar-refractivity contribution is -0.142. The molecule has 1 rings (SSSR count). The highest BCUT2D eigenvalue weighted by Crippen LogP contribution is 2.32. The zero-order chi connectivity index (χ0) is 15.3. The first kappa shape index (κ1) is 16.0. The van der Waals surface area contributed by atoms with Crippen molar-refractivity contribution in [1.82, 2.24) is 4.90 Å². The number of hydrogen-bond acceptors (Lipinski definition) is 3. The van der Waals surface area contributed by atoms with Gasteiger partial charge >= 0.3 is 18.1 Å². The van der Waals surface area contributed by atoms with Crippen molar-refractivity contribution in [1.29, 1.82) is 0 Å². The summed E-state index contributed by atoms with van der Waals surface area (Å²) in [6.07, 6.45) is -4.57. The van der Waals surface area contributed by atoms with Crippen LogP contribution in [0.3, 0.4) is 0 Å². The first-order valence-electron chi connectivity index (χ1n) is 5.51. The van der Waals surface area contributed by atoms with E-state index >= 15 is 0 Å². The molecule has 1 aromatic carbocycles. The molecule has 0 atom stereocenters. The standard InChI is InChI=1S/C12H12F3NO4/c13-12(14,15)9-4-2-1-3-8(9)5-16(6-10(17)18)7-11(19)20/h1-4H,5-7H2,(H,17,18)(H,19,20). The van der Waals surface area contributed by atoms with E-state index in [0.717, 1.165) is 11.0 Å². The van der Waals surface area contributed by atoms with Gasteiger partial charge in [0.05, 0.1) is 18.7 Å². The van der Waals surface area contributed by atoms with Gasteiger partial charge in [-0.05, 0) is 11.6 Å². The summed E-state index contributed by atoms with van der Waals surface area (Å²) in [4.78, 5) is 22.1. The quantitative estimate of drug-likeness (QED) is 0.833. The molecule has 0 amide bonds. The van der Waals surface area contributed by atoms with Crippen LogP contribution in [0.25, 0.3) is 0 Å². The maximum atomic E-state index is 12.8. The first-order valence-corrected chi connectivity index (χ1v) is 5.51. The Bertz CT molecular complexity index is 486. The molecule has 0 aromatic heterocycles. The van der Waals surface area contributed by atoms with Gasteiger partial charge in [0.2, 0.25) is 0 Å². The zero-order valence-electron chi connectivity index (χ0n) is 10.2. The van der Waals surface area contributed by atoms with Crippen molar-refractivity contribution in [3.8, 4) is 0 Å². The Morgan fingerprint density at radius 3 is 2.00 bits per heavy atom. The highest BCUT2D eigenvalue weighted by atomic mass is 19.4. The van der Waals surface area contributed by atoms with E-state index in [9.17, 15) is 22.8 Å². The summed E-state index contributed by atoms with van der Waals surface area (Å²) >= 11 is 0. The highest BCUT2D eigenvalue weighted by Gasteiger charge is 2.33. The fourth-order valence-electron chi connectivity index (χ4n) is 1.73. The number of carboxylic acids is 2. The Hall–Kier alpha value is -2.09. The molecule has 0 aliphatic heterocycles. The van der Waals surface area contributed by atoms with Gasteiger partial charge in [-0.2, -0.15) is 13.2 Å². The minimum Gasteiger partial charge on any atom is -0.480 e. The minimum atomic E-state index is -4.57. The second-order valence-electron chi connectivity index (χ2n) is 4.09. The van der Waals surface area contributed by atoms with Crippen molar-refractivity contribution in [2.24, 2.45) is 0 Å². The molecule has 110 valence electrons. The first-order chi connectivity index (χ1) is 9.20. The van der Waals surface area contributed by atoms with Crippen LogP contribution in [0, 0.1) is 0 Å². The molecule has 0 spiro atoms. The predicted molar refractivity (Wildman–Crippen MR) is 62.0 cm³/mol. The molecule has 0 aliphatic carbocycles. The average molecular weight is 291 g/mol. The van der Waals surface area contributed by atoms with E-state index in [2.05, 4.69) is 0 Å². The molecular weight excluding hydrogens is 279 g/mol. The van der Waals surface area contributed by atoms with E-state index in [1.165, 1.54) is 18.2 Å². The lowest BCUT2D eigenvalue weighted by Crippen LogP contribution is -2.34. The topological polar surface area (TPSA) is 77.8 Å². The molecule has 0 unspecified atom stereocenters. The number of carbonyl (C=O) groups is 2. The summed E-state index contributed by atoms with van der Waals surface area (Å²) in [6, 6.07) is 4.66. The SMILES string of the molecule is O=C(O)CN(CC(=O)O)Cc1ccccc1C(F)(F)F. The van der Waals surface area contributed by atoms with Crippen LogP contribution >= 0.6 is 0 Å². The number of nitrogens with zero attached hydrogens (tertiary/aromatic N) is 1. The van der Waals surface area contributed by atoms with Crippen molar-refractivity contribution in [3.63, 3.8) is 0 Å². The van der Waals surface area contributed by atoms with E-state index in [0.29, 0.717) is 0 Å². The normalized spacial score (nSPS) is 11.6. The van der Waals surface area contributed by atoms with Crippen LogP contribution in [0.4, 0.5) is 13.2 Å². The monoisotopic (exact) mass is 291 g/mol. The predicted octanol–water partition coefficient (Wildman–Crippen LogP) is 1.68. The van der Waals surface area contributed by atoms with Crippen molar-refractivity contribution in [2.45, 2.75) is 12.7 Å². The van der Waals surface area contributed by atoms with Crippen molar-refractivity contribution in [2.75, 3.05) is 13.1 Å². The number of aliphatic carboxylic acids is 2. The number of hydrogen-bond donors (Lipinski definition) is 2. The molecule has 1 aromatic rings. The Morgan fingerprint density at radius 2 is 1.55 bits per heavy atom. The van der Waals surface area contributed by atoms with Crippen molar-refractivity contribution >= 4 is 11.9 Å². The van der Waals surface area contributed by atoms with Crippen LogP contribution < -0.4 is 0 Å². The van der Waals surface area contributed by atoms with Gasteiger partial charge < -0.3 is 10.2 Å². The van der Waals surface area contributed by atoms with Crippen LogP contribution in [0.1, 0.15) is 11.1 Å². The minimum absolute atomic E-state index is 0.164. The Kier molecular flexibility index (Phi) is 5.09. The van der Waals surface area contributed by atoms with E-state index in [1.807, 2.05) is 0 Å². The number of rotatable bonds is 6. The van der Waals surface area contributed by atoms with E-state index in [-0.39, 0.29) is 5.56 Å². The summed E-state index contributed by atoms with van der Waals surface area (Å²) in [5, 5.41) is 17.3. The lowest BCUT2D eigenvalue weighted by Gasteiger charge is -2.20. The average Bonchev–Trinajstić information content (AvgIpc) is 2.26. The lowest BCUT2D eigenvalue weighted by atomic mass is 10.1. The highest BCUT2D eigenvalue weighted by molar-refractivity contribution is 5.72. The third-order valence-electron chi connectivity index (χ3n) is 2.43. The van der Waals surface area contributed by atoms with Crippen LogP contribution in [-0.2, 0) is 22.3 Å². The number of alkyl halides is 3. The molecule has 0 bridgehead atoms. The number of halogens is 3. The molecule has 2 N–H and O–H groups in total. The second kappa shape index (κ2) is 6.38. The second-order valence-corrected chi connectivity index (χ2v) is 4.09. The fraction of sp³-hybridized carbons (Fsp3) is 0.333. The van der Waals surface area contributed by atoms with Gasteiger partial charge in [0, 0.05) is 6.54 Å². The summed E-state index contributed by atoms with van der Waals surface area (Å²) in [5.41, 5.74) is -1.07. The molecule has 20 heavy (non-hydrogen) atoms. The van der Waals surface area contributed by atoms with Gasteiger partial charge in [-0.1, -0.05) is 18.2 Å². The molecule has 0 saturated carbocycles. The van der Waals surface area contributed by atoms with Gasteiger partial charge in [-0.3, -0.25) is 14.5 Å². The maximum absolute atomic E-state index is 12.8. The van der Waals surface area contributed by atoms with Crippen LogP contribution in [0.5, 0.6) is 0 Å². The zero-order valence-corrected chi connectivity index (χ0v) is 10.2. The van der Waals surface area contributed by atoms with Crippen LogP contribution in [0.2, 0.25) is 0 Å². The fourth-order valence-corrected chi connectivity index (χ4v) is 1.73. The smallest absolute Gasteiger partial charge is 0.416 e. The van der Waals surface area contributed by atoms with Crippen LogP contribution in [0.15, 0.2) is 24.3 Å². The largest absolute Gasteiger partial charge is 0.480 e. The number of carboxylic acid groups (broad SMARTS) is 2. The third-order valence-corrected chi connectivity index (χ3v) is 2.43. The maximum Gasteiger partial charge on any atom is 0.416 e. The van der Waals surface area contributed by atoms with Gasteiger partial charge in [0.15, 0.2) is 0 Å². The summed E-state index contributed by atoms with van der Waals surface area (Å²) in [7, 11) is 0. The molecule has 5 nitrogen and oxygen atoms in total. The van der Waals surface area contributed by atoms with Crippen LogP contribution in [-0.4, -0.2) is 40.1 Å². The Morgan fingerprint density at radius 1 is 1.05 bits per heavy atom. The molecule has 8 heteroatoms. The Balaban J connectivity index is 2.98. The molecular formula is C12H12F3NO4. The molecule has 0 aliphatic rings. The molecule has 0 heterocycles. The van der Waals surface area contributed by atoms with E-state index < -0.39 is 43.3 Å². The van der Waals surface area contributed by atoms with E-state index in [4.69, 9.17) is 10.2 Å². The van der Waals surface area contributed by atoms with Gasteiger partial charge in [-0.25, -0.2) is 0 Å². The Labute approximate surface area is 112 Å². The van der Waals surface area contributed by atoms with Gasteiger partial charge in [0.25, 0.3) is 0 Å². The molecule has 0 radical (unpaired) electrons. The third kappa shape index (κ3) is 4.88. The number of benzene rings is 1. The summed E-state index contributed by atoms with van der Waals surface area (Å²) in [5.74, 6) is -2.62. The van der Waals surface area contributed by atoms with E-state index in [1.54, 1.807) is 0 Å². The summed E-state index contributed by atoms with van der Waals surface area (Å²) in [6.45, 7) is -1.72. The van der Waals surface area contributed by atoms with Crippen molar-refractivity contribution in [3.05, 3.63) is 35.4 Å². The molecule has 0 fully saturated rings. The van der Waals surface area contributed by atoms with Crippen molar-refractivity contribution < 1.29 is 33.0 Å². The summed E-state index contributed by atoms with van der Waals surface area (Å²) < 4.78 is 38.3. The molecule has 0 saturated heterocycles. The van der Waals surface area contributed by atoms with Gasteiger partial charge in [-0.15, -0.1) is 0 Å². The van der Waals surface area contributed by atoms with Gasteiger partial charge in [0.1, 0.15) is 0 Å².